The van der Waals surface area contributed by atoms with Crippen molar-refractivity contribution >= 4 is 46.2 Å². The first-order valence-corrected chi connectivity index (χ1v) is 29.5. The Bertz CT molecular complexity index is 2410. The molecule has 382 valence electrons. The highest BCUT2D eigenvalue weighted by atomic mass is 79.9. The Labute approximate surface area is 443 Å². The summed E-state index contributed by atoms with van der Waals surface area (Å²) >= 11 is 3.41. The third-order valence-electron chi connectivity index (χ3n) is 14.4. The van der Waals surface area contributed by atoms with Gasteiger partial charge in [-0.2, -0.15) is 0 Å². The molecule has 6 aromatic rings. The molecule has 0 aliphatic heterocycles. The Morgan fingerprint density at radius 2 is 0.901 bits per heavy atom. The van der Waals surface area contributed by atoms with Gasteiger partial charge >= 0.3 is 0 Å². The predicted octanol–water partition coefficient (Wildman–Crippen LogP) is 20.9. The van der Waals surface area contributed by atoms with Crippen LogP contribution in [0.1, 0.15) is 204 Å². The summed E-state index contributed by atoms with van der Waals surface area (Å²) in [4.78, 5) is 0. The van der Waals surface area contributed by atoms with E-state index < -0.39 is 0 Å². The molecule has 0 saturated heterocycles. The van der Waals surface area contributed by atoms with E-state index in [9.17, 15) is 0 Å². The second kappa shape index (κ2) is 27.2. The largest absolute Gasteiger partial charge is 0.399 e. The zero-order valence-electron chi connectivity index (χ0n) is 46.6. The minimum atomic E-state index is -0.120. The van der Waals surface area contributed by atoms with E-state index in [0.29, 0.717) is 17.8 Å². The maximum Gasteiger partial charge on any atom is 0.0384 e. The number of nitrogens with one attached hydrogen (secondary N) is 1. The number of nitrogen functional groups attached to an aromatic ring is 1. The maximum absolute atomic E-state index is 5.43. The summed E-state index contributed by atoms with van der Waals surface area (Å²) in [5, 5.41) is 5.16. The lowest BCUT2D eigenvalue weighted by molar-refractivity contribution is 0.487. The standard InChI is InChI=1S/C33H49P.C17H21N.C10H13Br.C7H9N/c1-23(2)26-21-30(24(3)4)33(31(22-26)25(5)6)29-19-13-14-20-32(29)34(27-15-9-7-10-16-27)28-17-11-8-12-18-28;1-13-5-9-15(10-6-13)18-16-11-7-14(8-12-16)17(2,3)4;1-10(2,3)8-4-6-9(11)7-5-8;1-6-2-4-7(8)5-3-6/h13-14,19-25,27-28H,7-12,15-18H2,1-6H3;5-12,18H,1-4H3;4-7H,1-3H3;2-5H,8H2,1H3. The van der Waals surface area contributed by atoms with E-state index in [1.165, 1.54) is 92.0 Å². The molecule has 2 saturated carbocycles. The number of anilines is 3. The van der Waals surface area contributed by atoms with Gasteiger partial charge in [-0.1, -0.05) is 242 Å². The quantitative estimate of drug-likeness (QED) is 0.112. The van der Waals surface area contributed by atoms with Gasteiger partial charge in [0.05, 0.1) is 0 Å². The molecule has 0 bridgehead atoms. The van der Waals surface area contributed by atoms with Crippen molar-refractivity contribution < 1.29 is 0 Å². The van der Waals surface area contributed by atoms with Crippen LogP contribution in [0.15, 0.2) is 138 Å². The van der Waals surface area contributed by atoms with Gasteiger partial charge in [0.25, 0.3) is 0 Å². The van der Waals surface area contributed by atoms with Gasteiger partial charge in [-0.05, 0) is 172 Å². The van der Waals surface area contributed by atoms with Crippen LogP contribution in [0.3, 0.4) is 0 Å². The van der Waals surface area contributed by atoms with E-state index in [-0.39, 0.29) is 18.8 Å². The molecule has 2 fully saturated rings. The van der Waals surface area contributed by atoms with E-state index in [1.807, 2.05) is 31.2 Å². The van der Waals surface area contributed by atoms with Crippen molar-refractivity contribution in [2.45, 2.75) is 201 Å². The molecular weight excluding hydrogens is 944 g/mol. The smallest absolute Gasteiger partial charge is 0.0384 e. The van der Waals surface area contributed by atoms with Crippen molar-refractivity contribution in [3.8, 4) is 11.1 Å². The van der Waals surface area contributed by atoms with Crippen LogP contribution in [-0.4, -0.2) is 11.3 Å². The van der Waals surface area contributed by atoms with Gasteiger partial charge in [0.2, 0.25) is 0 Å². The molecule has 3 N–H and O–H groups in total. The molecule has 2 aliphatic carbocycles. The van der Waals surface area contributed by atoms with Crippen molar-refractivity contribution in [2.24, 2.45) is 0 Å². The molecule has 0 heterocycles. The molecular formula is C67H92BrN2P. The first-order valence-electron chi connectivity index (χ1n) is 27.2. The maximum atomic E-state index is 5.43. The number of aryl methyl sites for hydroxylation is 2. The van der Waals surface area contributed by atoms with Crippen LogP contribution in [0.5, 0.6) is 0 Å². The molecule has 0 unspecified atom stereocenters. The Hall–Kier alpha value is -4.17. The van der Waals surface area contributed by atoms with E-state index in [1.54, 1.807) is 27.6 Å². The second-order valence-electron chi connectivity index (χ2n) is 23.5. The molecule has 71 heavy (non-hydrogen) atoms. The van der Waals surface area contributed by atoms with E-state index in [0.717, 1.165) is 32.9 Å². The molecule has 4 heteroatoms. The van der Waals surface area contributed by atoms with Gasteiger partial charge in [0.15, 0.2) is 0 Å². The minimum absolute atomic E-state index is 0.120. The first kappa shape index (κ1) is 57.7. The molecule has 6 aromatic carbocycles. The number of hydrogen-bond acceptors (Lipinski definition) is 2. The Morgan fingerprint density at radius 3 is 1.30 bits per heavy atom. The monoisotopic (exact) mass is 1030 g/mol. The van der Waals surface area contributed by atoms with Crippen molar-refractivity contribution in [3.63, 3.8) is 0 Å². The number of benzene rings is 6. The molecule has 0 radical (unpaired) electrons. The molecule has 0 aromatic heterocycles. The van der Waals surface area contributed by atoms with Crippen LogP contribution >= 0.6 is 23.9 Å². The molecule has 0 spiro atoms. The summed E-state index contributed by atoms with van der Waals surface area (Å²) in [5.41, 5.74) is 24.0. The van der Waals surface area contributed by atoms with Crippen LogP contribution in [0.2, 0.25) is 0 Å². The number of hydrogen-bond donors (Lipinski definition) is 2. The van der Waals surface area contributed by atoms with Crippen LogP contribution in [0.25, 0.3) is 11.1 Å². The lowest BCUT2D eigenvalue weighted by Gasteiger charge is -2.40. The summed E-state index contributed by atoms with van der Waals surface area (Å²) in [6, 6.07) is 48.2. The molecule has 8 rings (SSSR count). The first-order chi connectivity index (χ1) is 33.6. The average molecular weight is 1040 g/mol. The zero-order chi connectivity index (χ0) is 51.9. The van der Waals surface area contributed by atoms with Gasteiger partial charge in [0.1, 0.15) is 0 Å². The van der Waals surface area contributed by atoms with Gasteiger partial charge in [-0.15, -0.1) is 0 Å². The van der Waals surface area contributed by atoms with Gasteiger partial charge in [-0.3, -0.25) is 0 Å². The summed E-state index contributed by atoms with van der Waals surface area (Å²) in [6.07, 6.45) is 14.6. The Balaban J connectivity index is 0.000000209. The highest BCUT2D eigenvalue weighted by molar-refractivity contribution is 9.10. The summed E-state index contributed by atoms with van der Waals surface area (Å²) in [6.45, 7) is 31.8. The third-order valence-corrected chi connectivity index (χ3v) is 18.5. The predicted molar refractivity (Wildman–Crippen MR) is 322 cm³/mol. The minimum Gasteiger partial charge on any atom is -0.399 e. The number of halogens is 1. The summed E-state index contributed by atoms with van der Waals surface area (Å²) in [5.74, 6) is 1.64. The lowest BCUT2D eigenvalue weighted by Crippen LogP contribution is -2.27. The van der Waals surface area contributed by atoms with Crippen LogP contribution in [-0.2, 0) is 10.8 Å². The van der Waals surface area contributed by atoms with Crippen LogP contribution in [0.4, 0.5) is 17.1 Å². The highest BCUT2D eigenvalue weighted by Gasteiger charge is 2.34. The number of nitrogens with two attached hydrogens (primary N) is 1. The zero-order valence-corrected chi connectivity index (χ0v) is 49.0. The molecule has 2 nitrogen and oxygen atoms in total. The Morgan fingerprint density at radius 1 is 0.507 bits per heavy atom. The van der Waals surface area contributed by atoms with Crippen LogP contribution < -0.4 is 16.4 Å². The fourth-order valence-electron chi connectivity index (χ4n) is 9.96. The fourth-order valence-corrected chi connectivity index (χ4v) is 14.2. The van der Waals surface area contributed by atoms with Gasteiger partial charge in [0, 0.05) is 21.5 Å². The van der Waals surface area contributed by atoms with Crippen molar-refractivity contribution in [3.05, 3.63) is 177 Å². The molecule has 0 amide bonds. The number of rotatable bonds is 9. The normalized spacial score (nSPS) is 14.6. The lowest BCUT2D eigenvalue weighted by atomic mass is 9.82. The molecule has 0 atom stereocenters. The average Bonchev–Trinajstić information content (AvgIpc) is 3.34. The third kappa shape index (κ3) is 17.8. The topological polar surface area (TPSA) is 38.0 Å². The summed E-state index contributed by atoms with van der Waals surface area (Å²) < 4.78 is 1.14. The van der Waals surface area contributed by atoms with Crippen molar-refractivity contribution in [1.82, 2.24) is 0 Å². The fraction of sp³-hybridized carbons (Fsp3) is 0.463. The van der Waals surface area contributed by atoms with Gasteiger partial charge in [-0.25, -0.2) is 0 Å². The van der Waals surface area contributed by atoms with Crippen molar-refractivity contribution in [2.75, 3.05) is 11.1 Å². The Kier molecular flexibility index (Phi) is 22.1. The van der Waals surface area contributed by atoms with E-state index >= 15 is 0 Å². The van der Waals surface area contributed by atoms with E-state index in [2.05, 4.69) is 220 Å². The SMILES string of the molecule is CC(C)(C)c1ccc(Br)cc1.CC(C)c1cc(C(C)C)c(-c2ccccc2P(C2CCCCC2)C2CCCCC2)c(C(C)C)c1.Cc1ccc(N)cc1.Cc1ccc(Nc2ccc(C(C)(C)C)cc2)cc1. The highest BCUT2D eigenvalue weighted by Crippen LogP contribution is 2.57. The molecule has 2 aliphatic rings. The van der Waals surface area contributed by atoms with Crippen molar-refractivity contribution in [1.29, 1.82) is 0 Å². The summed E-state index contributed by atoms with van der Waals surface area (Å²) in [7, 11) is -0.120. The second-order valence-corrected chi connectivity index (χ2v) is 27.2. The van der Waals surface area contributed by atoms with E-state index in [4.69, 9.17) is 5.73 Å². The van der Waals surface area contributed by atoms with Gasteiger partial charge < -0.3 is 11.1 Å². The van der Waals surface area contributed by atoms with Crippen LogP contribution in [0, 0.1) is 13.8 Å².